The number of halogens is 2. The summed E-state index contributed by atoms with van der Waals surface area (Å²) in [6, 6.07) is 5.95. The highest BCUT2D eigenvalue weighted by Gasteiger charge is 2.20. The summed E-state index contributed by atoms with van der Waals surface area (Å²) >= 11 is 0. The summed E-state index contributed by atoms with van der Waals surface area (Å²) in [7, 11) is 0. The Kier molecular flexibility index (Phi) is 7.21. The Balaban J connectivity index is 0.00000225. The van der Waals surface area contributed by atoms with Gasteiger partial charge in [0.15, 0.2) is 5.69 Å². The summed E-state index contributed by atoms with van der Waals surface area (Å²) in [6.45, 7) is 2.69. The summed E-state index contributed by atoms with van der Waals surface area (Å²) < 4.78 is 18.3. The van der Waals surface area contributed by atoms with Gasteiger partial charge in [0.2, 0.25) is 0 Å². The van der Waals surface area contributed by atoms with Crippen LogP contribution >= 0.6 is 12.4 Å². The molecule has 8 heteroatoms. The van der Waals surface area contributed by atoms with Crippen LogP contribution in [0.1, 0.15) is 34.6 Å². The Morgan fingerprint density at radius 1 is 1.28 bits per heavy atom. The third kappa shape index (κ3) is 5.17. The second kappa shape index (κ2) is 9.39. The number of nitrogens with zero attached hydrogens (tertiary/aromatic N) is 1. The number of hydrogen-bond acceptors (Lipinski definition) is 4. The number of nitrogens with one attached hydrogen (secondary N) is 3. The molecule has 136 valence electrons. The van der Waals surface area contributed by atoms with Gasteiger partial charge in [0, 0.05) is 37.3 Å². The van der Waals surface area contributed by atoms with Gasteiger partial charge in [0.05, 0.1) is 6.61 Å². The number of ether oxygens (including phenoxy) is 1. The summed E-state index contributed by atoms with van der Waals surface area (Å²) in [4.78, 5) is 12.2. The highest BCUT2D eigenvalue weighted by atomic mass is 35.5. The number of fused-ring (bicyclic) bond motifs is 1. The number of aromatic amines is 1. The SMILES string of the molecule is Cl.O=C(NCCCCOc1ccc(F)cc1)c1n[nH]c2c1CNCC2. The minimum atomic E-state index is -0.277. The van der Waals surface area contributed by atoms with E-state index in [9.17, 15) is 9.18 Å². The molecule has 3 rings (SSSR count). The standard InChI is InChI=1S/C17H21FN4O2.ClH/c18-12-3-5-13(6-4-12)24-10-2-1-8-20-17(23)16-14-11-19-9-7-15(14)21-22-16;/h3-6,19H,1-2,7-11H2,(H,20,23)(H,21,22);1H. The maximum atomic E-state index is 12.8. The van der Waals surface area contributed by atoms with Crippen molar-refractivity contribution in [1.29, 1.82) is 0 Å². The Hall–Kier alpha value is -2.12. The van der Waals surface area contributed by atoms with Gasteiger partial charge in [-0.2, -0.15) is 5.10 Å². The minimum absolute atomic E-state index is 0. The molecular formula is C17H22ClFN4O2. The molecule has 1 amide bonds. The normalized spacial score (nSPS) is 12.8. The fourth-order valence-electron chi connectivity index (χ4n) is 2.65. The Morgan fingerprint density at radius 2 is 2.08 bits per heavy atom. The molecule has 25 heavy (non-hydrogen) atoms. The molecule has 0 unspecified atom stereocenters. The number of H-pyrrole nitrogens is 1. The maximum absolute atomic E-state index is 12.8. The van der Waals surface area contributed by atoms with Crippen LogP contribution in [-0.4, -0.2) is 35.8 Å². The predicted octanol–water partition coefficient (Wildman–Crippen LogP) is 2.21. The van der Waals surface area contributed by atoms with Gasteiger partial charge >= 0.3 is 0 Å². The maximum Gasteiger partial charge on any atom is 0.272 e. The molecule has 3 N–H and O–H groups in total. The summed E-state index contributed by atoms with van der Waals surface area (Å²) in [5.41, 5.74) is 2.50. The van der Waals surface area contributed by atoms with Crippen LogP contribution in [0.25, 0.3) is 0 Å². The molecule has 0 atom stereocenters. The summed E-state index contributed by atoms with van der Waals surface area (Å²) in [5, 5.41) is 13.2. The average molecular weight is 369 g/mol. The van der Waals surface area contributed by atoms with E-state index in [0.717, 1.165) is 37.1 Å². The van der Waals surface area contributed by atoms with Crippen molar-refractivity contribution in [1.82, 2.24) is 20.8 Å². The minimum Gasteiger partial charge on any atom is -0.494 e. The van der Waals surface area contributed by atoms with Crippen molar-refractivity contribution in [2.75, 3.05) is 19.7 Å². The average Bonchev–Trinajstić information content (AvgIpc) is 3.03. The lowest BCUT2D eigenvalue weighted by atomic mass is 10.1. The molecule has 2 heterocycles. The monoisotopic (exact) mass is 368 g/mol. The van der Waals surface area contributed by atoms with Gasteiger partial charge in [-0.3, -0.25) is 9.89 Å². The van der Waals surface area contributed by atoms with Gasteiger partial charge in [-0.25, -0.2) is 4.39 Å². The van der Waals surface area contributed by atoms with Crippen LogP contribution in [0.4, 0.5) is 4.39 Å². The first-order valence-electron chi connectivity index (χ1n) is 8.17. The fraction of sp³-hybridized carbons (Fsp3) is 0.412. The lowest BCUT2D eigenvalue weighted by molar-refractivity contribution is 0.0946. The fourth-order valence-corrected chi connectivity index (χ4v) is 2.65. The quantitative estimate of drug-likeness (QED) is 0.655. The molecule has 1 aromatic heterocycles. The molecule has 0 fully saturated rings. The number of carbonyl (C=O) groups is 1. The van der Waals surface area contributed by atoms with Crippen LogP contribution in [-0.2, 0) is 13.0 Å². The Morgan fingerprint density at radius 3 is 2.88 bits per heavy atom. The van der Waals surface area contributed by atoms with Gasteiger partial charge in [-0.1, -0.05) is 0 Å². The zero-order valence-electron chi connectivity index (χ0n) is 13.8. The molecule has 0 aliphatic carbocycles. The second-order valence-electron chi connectivity index (χ2n) is 5.72. The van der Waals surface area contributed by atoms with Crippen LogP contribution in [0.2, 0.25) is 0 Å². The van der Waals surface area contributed by atoms with Crippen molar-refractivity contribution in [2.24, 2.45) is 0 Å². The molecule has 0 saturated carbocycles. The lowest BCUT2D eigenvalue weighted by Gasteiger charge is -2.12. The van der Waals surface area contributed by atoms with E-state index < -0.39 is 0 Å². The van der Waals surface area contributed by atoms with E-state index in [2.05, 4.69) is 20.8 Å². The van der Waals surface area contributed by atoms with Crippen LogP contribution in [0.15, 0.2) is 24.3 Å². The molecule has 1 aromatic carbocycles. The van der Waals surface area contributed by atoms with Crippen molar-refractivity contribution >= 4 is 18.3 Å². The van der Waals surface area contributed by atoms with E-state index in [1.54, 1.807) is 12.1 Å². The van der Waals surface area contributed by atoms with Gasteiger partial charge < -0.3 is 15.4 Å². The number of unbranched alkanes of at least 4 members (excludes halogenated alkanes) is 1. The number of amides is 1. The van der Waals surface area contributed by atoms with Crippen LogP contribution in [0.5, 0.6) is 5.75 Å². The van der Waals surface area contributed by atoms with E-state index in [1.165, 1.54) is 12.1 Å². The van der Waals surface area contributed by atoms with Crippen LogP contribution in [0.3, 0.4) is 0 Å². The molecule has 0 bridgehead atoms. The summed E-state index contributed by atoms with van der Waals surface area (Å²) in [5.74, 6) is 0.229. The number of carbonyl (C=O) groups excluding carboxylic acids is 1. The van der Waals surface area contributed by atoms with Crippen LogP contribution < -0.4 is 15.4 Å². The summed E-state index contributed by atoms with van der Waals surface area (Å²) in [6.07, 6.45) is 2.48. The first kappa shape index (κ1) is 19.2. The third-order valence-electron chi connectivity index (χ3n) is 3.96. The van der Waals surface area contributed by atoms with Gasteiger partial charge in [-0.15, -0.1) is 12.4 Å². The topological polar surface area (TPSA) is 79.0 Å². The van der Waals surface area contributed by atoms with E-state index in [0.29, 0.717) is 31.1 Å². The first-order chi connectivity index (χ1) is 11.7. The molecular weight excluding hydrogens is 347 g/mol. The highest BCUT2D eigenvalue weighted by molar-refractivity contribution is 5.94. The van der Waals surface area contributed by atoms with Gasteiger partial charge in [-0.05, 0) is 37.1 Å². The molecule has 0 saturated heterocycles. The van der Waals surface area contributed by atoms with Crippen molar-refractivity contribution in [2.45, 2.75) is 25.8 Å². The van der Waals surface area contributed by atoms with Crippen molar-refractivity contribution < 1.29 is 13.9 Å². The second-order valence-corrected chi connectivity index (χ2v) is 5.72. The largest absolute Gasteiger partial charge is 0.494 e. The molecule has 0 radical (unpaired) electrons. The first-order valence-corrected chi connectivity index (χ1v) is 8.17. The third-order valence-corrected chi connectivity index (χ3v) is 3.96. The Bertz CT molecular complexity index is 690. The number of benzene rings is 1. The van der Waals surface area contributed by atoms with E-state index in [4.69, 9.17) is 4.74 Å². The zero-order valence-corrected chi connectivity index (χ0v) is 14.6. The molecule has 6 nitrogen and oxygen atoms in total. The predicted molar refractivity (Wildman–Crippen MR) is 94.7 cm³/mol. The molecule has 2 aromatic rings. The number of hydrogen-bond donors (Lipinski definition) is 3. The van der Waals surface area contributed by atoms with E-state index in [1.807, 2.05) is 0 Å². The molecule has 1 aliphatic rings. The number of rotatable bonds is 7. The van der Waals surface area contributed by atoms with Crippen LogP contribution in [0, 0.1) is 5.82 Å². The molecule has 0 spiro atoms. The van der Waals surface area contributed by atoms with Crippen molar-refractivity contribution in [3.05, 3.63) is 47.0 Å². The van der Waals surface area contributed by atoms with E-state index in [-0.39, 0.29) is 24.1 Å². The van der Waals surface area contributed by atoms with Crippen molar-refractivity contribution in [3.63, 3.8) is 0 Å². The Labute approximate surface area is 151 Å². The van der Waals surface area contributed by atoms with E-state index >= 15 is 0 Å². The highest BCUT2D eigenvalue weighted by Crippen LogP contribution is 2.15. The smallest absolute Gasteiger partial charge is 0.272 e. The van der Waals surface area contributed by atoms with Crippen molar-refractivity contribution in [3.8, 4) is 5.75 Å². The van der Waals surface area contributed by atoms with Gasteiger partial charge in [0.1, 0.15) is 11.6 Å². The zero-order chi connectivity index (χ0) is 16.8. The number of aromatic nitrogens is 2. The lowest BCUT2D eigenvalue weighted by Crippen LogP contribution is -2.29. The van der Waals surface area contributed by atoms with Gasteiger partial charge in [0.25, 0.3) is 5.91 Å². The molecule has 1 aliphatic heterocycles.